The van der Waals surface area contributed by atoms with Gasteiger partial charge < -0.3 is 0 Å². The zero-order chi connectivity index (χ0) is 36.7. The molecule has 4 aromatic rings. The summed E-state index contributed by atoms with van der Waals surface area (Å²) in [5.41, 5.74) is 14.0. The SMILES string of the molecule is Cl.Cl.[CH2]=[Zr]([C]1=CC(C(C)(C)C)=CC1C)([C]1=C(C)c2cc3c(cc2C1(C)C)Cc1cc2c(cc1-3)C(C)=CC2(C)C)([c]1cccc(F)c1)[c]1cccc(F)c1. The van der Waals surface area contributed by atoms with Gasteiger partial charge in [0.1, 0.15) is 0 Å². The van der Waals surface area contributed by atoms with Gasteiger partial charge in [-0.05, 0) is 0 Å². The molecule has 0 N–H and O–H groups in total. The molecule has 0 heterocycles. The van der Waals surface area contributed by atoms with Crippen molar-refractivity contribution >= 4 is 46.7 Å². The van der Waals surface area contributed by atoms with Crippen molar-refractivity contribution in [1.29, 1.82) is 0 Å². The molecule has 0 fully saturated rings. The average Bonchev–Trinajstić information content (AvgIpc) is 3.74. The van der Waals surface area contributed by atoms with E-state index in [-0.39, 0.29) is 53.2 Å². The molecule has 0 aromatic heterocycles. The Morgan fingerprint density at radius 2 is 1.26 bits per heavy atom. The Labute approximate surface area is 328 Å². The van der Waals surface area contributed by atoms with Crippen LogP contribution in [0.25, 0.3) is 22.3 Å². The summed E-state index contributed by atoms with van der Waals surface area (Å²) >= 11 is -5.47. The van der Waals surface area contributed by atoms with E-state index < -0.39 is 23.7 Å². The van der Waals surface area contributed by atoms with Crippen molar-refractivity contribution in [3.8, 4) is 11.1 Å². The topological polar surface area (TPSA) is 0 Å². The Bertz CT molecular complexity index is 2390. The number of hydrogen-bond donors (Lipinski definition) is 0. The molecule has 4 aliphatic carbocycles. The number of rotatable bonds is 4. The summed E-state index contributed by atoms with van der Waals surface area (Å²) < 4.78 is 41.3. The van der Waals surface area contributed by atoms with E-state index in [0.29, 0.717) is 0 Å². The Kier molecular flexibility index (Phi) is 9.39. The molecule has 0 radical (unpaired) electrons. The van der Waals surface area contributed by atoms with Crippen LogP contribution in [0.15, 0.2) is 103 Å². The van der Waals surface area contributed by atoms with Crippen molar-refractivity contribution in [3.05, 3.63) is 148 Å². The van der Waals surface area contributed by atoms with Crippen LogP contribution in [0.1, 0.15) is 103 Å². The van der Waals surface area contributed by atoms with Crippen molar-refractivity contribution in [1.82, 2.24) is 0 Å². The number of allylic oxidation sites excluding steroid dienone is 8. The van der Waals surface area contributed by atoms with Crippen LogP contribution in [0.3, 0.4) is 0 Å². The first kappa shape index (κ1) is 39.7. The van der Waals surface area contributed by atoms with E-state index in [2.05, 4.69) is 124 Å². The van der Waals surface area contributed by atoms with Crippen LogP contribution in [0.2, 0.25) is 0 Å². The van der Waals surface area contributed by atoms with Crippen LogP contribution >= 0.6 is 24.8 Å². The third-order valence-corrected chi connectivity index (χ3v) is 30.7. The zero-order valence-electron chi connectivity index (χ0n) is 32.7. The minimum absolute atomic E-state index is 0. The number of fused-ring (bicyclic) bond motifs is 5. The van der Waals surface area contributed by atoms with E-state index in [4.69, 9.17) is 4.21 Å². The van der Waals surface area contributed by atoms with E-state index in [1.807, 2.05) is 12.1 Å². The Hall–Kier alpha value is -2.97. The van der Waals surface area contributed by atoms with Crippen LogP contribution in [-0.4, -0.2) is 4.21 Å². The summed E-state index contributed by atoms with van der Waals surface area (Å²) in [6.45, 7) is 22.8. The molecule has 4 aromatic carbocycles. The van der Waals surface area contributed by atoms with Crippen molar-refractivity contribution in [2.75, 3.05) is 0 Å². The summed E-state index contributed by atoms with van der Waals surface area (Å²) in [6, 6.07) is 24.1. The van der Waals surface area contributed by atoms with Gasteiger partial charge in [-0.25, -0.2) is 0 Å². The summed E-state index contributed by atoms with van der Waals surface area (Å²) in [6.07, 6.45) is 8.06. The molecule has 5 heteroatoms. The van der Waals surface area contributed by atoms with E-state index in [0.717, 1.165) is 13.0 Å². The number of benzene rings is 4. The quantitative estimate of drug-likeness (QED) is 0.169. The molecule has 1 atom stereocenters. The molecule has 0 amide bonds. The maximum absolute atomic E-state index is 15.7. The Balaban J connectivity index is 0.00000240. The summed E-state index contributed by atoms with van der Waals surface area (Å²) in [4.78, 5) is 0. The zero-order valence-corrected chi connectivity index (χ0v) is 36.8. The maximum atomic E-state index is 15.7. The summed E-state index contributed by atoms with van der Waals surface area (Å²) in [5, 5.41) is 0. The second-order valence-electron chi connectivity index (χ2n) is 18.2. The fraction of sp³-hybridized carbons (Fsp3) is 0.312. The fourth-order valence-electron chi connectivity index (χ4n) is 10.9. The number of hydrogen-bond acceptors (Lipinski definition) is 0. The van der Waals surface area contributed by atoms with Gasteiger partial charge in [0.2, 0.25) is 0 Å². The van der Waals surface area contributed by atoms with Gasteiger partial charge in [-0.3, -0.25) is 0 Å². The van der Waals surface area contributed by atoms with Crippen LogP contribution in [-0.2, 0) is 35.5 Å². The Morgan fingerprint density at radius 1 is 0.736 bits per heavy atom. The second-order valence-corrected chi connectivity index (χ2v) is 30.8. The molecule has 276 valence electrons. The predicted octanol–water partition coefficient (Wildman–Crippen LogP) is 12.4. The third-order valence-electron chi connectivity index (χ3n) is 13.1. The molecule has 0 aliphatic heterocycles. The van der Waals surface area contributed by atoms with Crippen molar-refractivity contribution in [2.24, 2.45) is 11.3 Å². The molecular formula is C48H52Cl2F2Zr. The van der Waals surface area contributed by atoms with Gasteiger partial charge in [0.05, 0.1) is 0 Å². The standard InChI is InChI=1S/C25H25.C10H15.2C6H4F.CH2.2ClH.Zr/c1-14-12-24(3,4)22-8-16-7-17-9-23-19(15(2)13-25(23,5)6)11-21(17)20(16)10-18(14)22;1-8-5-6-9(7-8)10(2,3)4;2*7-6-4-2-1-3-5-6;;;;/h8-12H,7H2,1-6H3;6-8H,1-4H3;2*1-2,4-5H;1H2;2*1H;. The fourth-order valence-corrected chi connectivity index (χ4v) is 30.0. The van der Waals surface area contributed by atoms with Crippen LogP contribution in [0, 0.1) is 23.0 Å². The monoisotopic (exact) mass is 826 g/mol. The normalized spacial score (nSPS) is 19.3. The van der Waals surface area contributed by atoms with Gasteiger partial charge in [0.15, 0.2) is 0 Å². The van der Waals surface area contributed by atoms with Crippen LogP contribution in [0.5, 0.6) is 0 Å². The first-order valence-electron chi connectivity index (χ1n) is 18.5. The molecule has 0 saturated heterocycles. The third kappa shape index (κ3) is 5.38. The van der Waals surface area contributed by atoms with Gasteiger partial charge >= 0.3 is 306 Å². The molecule has 4 aliphatic rings. The molecule has 0 spiro atoms. The van der Waals surface area contributed by atoms with Gasteiger partial charge in [0, 0.05) is 0 Å². The van der Waals surface area contributed by atoms with E-state index in [1.165, 1.54) is 79.9 Å². The molecule has 8 rings (SSSR count). The molecular weight excluding hydrogens is 777 g/mol. The van der Waals surface area contributed by atoms with E-state index >= 15 is 8.78 Å². The van der Waals surface area contributed by atoms with Gasteiger partial charge in [-0.1, -0.05) is 0 Å². The average molecular weight is 829 g/mol. The predicted molar refractivity (Wildman–Crippen MR) is 225 cm³/mol. The van der Waals surface area contributed by atoms with Gasteiger partial charge in [-0.15, -0.1) is 24.8 Å². The Morgan fingerprint density at radius 3 is 1.77 bits per heavy atom. The minimum atomic E-state index is -5.47. The van der Waals surface area contributed by atoms with Crippen LogP contribution < -0.4 is 6.54 Å². The summed E-state index contributed by atoms with van der Waals surface area (Å²) in [5.74, 6) is -0.524. The van der Waals surface area contributed by atoms with Gasteiger partial charge in [-0.2, -0.15) is 0 Å². The van der Waals surface area contributed by atoms with E-state index in [9.17, 15) is 0 Å². The molecule has 1 unspecified atom stereocenters. The van der Waals surface area contributed by atoms with Crippen LogP contribution in [0.4, 0.5) is 8.78 Å². The van der Waals surface area contributed by atoms with Crippen molar-refractivity contribution < 1.29 is 27.1 Å². The first-order valence-corrected chi connectivity index (χ1v) is 25.2. The van der Waals surface area contributed by atoms with E-state index in [1.54, 1.807) is 12.1 Å². The molecule has 0 nitrogen and oxygen atoms in total. The molecule has 0 bridgehead atoms. The second kappa shape index (κ2) is 12.5. The molecule has 0 saturated carbocycles. The van der Waals surface area contributed by atoms with Gasteiger partial charge in [0.25, 0.3) is 0 Å². The summed E-state index contributed by atoms with van der Waals surface area (Å²) in [7, 11) is 0. The van der Waals surface area contributed by atoms with Crippen molar-refractivity contribution in [2.45, 2.75) is 86.5 Å². The van der Waals surface area contributed by atoms with Crippen molar-refractivity contribution in [3.63, 3.8) is 0 Å². The first-order chi connectivity index (χ1) is 23.8. The molecule has 53 heavy (non-hydrogen) atoms. The number of halogens is 4.